The van der Waals surface area contributed by atoms with Crippen molar-refractivity contribution in [2.24, 2.45) is 0 Å². The number of fused-ring (bicyclic) bond motifs is 1. The topological polar surface area (TPSA) is 24.5 Å². The highest BCUT2D eigenvalue weighted by molar-refractivity contribution is 5.40. The fraction of sp³-hybridized carbons (Fsp3) is 0.667. The van der Waals surface area contributed by atoms with E-state index in [1.165, 1.54) is 24.0 Å². The third-order valence-corrected chi connectivity index (χ3v) is 5.02. The first-order chi connectivity index (χ1) is 10.1. The Morgan fingerprint density at radius 3 is 2.76 bits per heavy atom. The lowest BCUT2D eigenvalue weighted by molar-refractivity contribution is 0.129. The van der Waals surface area contributed by atoms with Gasteiger partial charge in [0.1, 0.15) is 5.75 Å². The zero-order valence-corrected chi connectivity index (χ0v) is 14.1. The maximum Gasteiger partial charge on any atom is 0.119 e. The van der Waals surface area contributed by atoms with Crippen molar-refractivity contribution in [3.05, 3.63) is 29.3 Å². The van der Waals surface area contributed by atoms with Gasteiger partial charge < -0.3 is 10.1 Å². The number of benzene rings is 1. The number of hydrogen-bond donors (Lipinski definition) is 1. The van der Waals surface area contributed by atoms with E-state index in [9.17, 15) is 0 Å². The lowest BCUT2D eigenvalue weighted by Gasteiger charge is -2.42. The first-order valence-corrected chi connectivity index (χ1v) is 8.24. The van der Waals surface area contributed by atoms with Crippen LogP contribution in [0.3, 0.4) is 0 Å². The molecule has 0 fully saturated rings. The van der Waals surface area contributed by atoms with Crippen molar-refractivity contribution < 1.29 is 4.74 Å². The molecule has 3 heteroatoms. The van der Waals surface area contributed by atoms with E-state index in [1.54, 1.807) is 7.11 Å². The van der Waals surface area contributed by atoms with Crippen molar-refractivity contribution in [1.29, 1.82) is 0 Å². The van der Waals surface area contributed by atoms with Crippen LogP contribution in [-0.4, -0.2) is 37.7 Å². The third-order valence-electron chi connectivity index (χ3n) is 5.02. The average molecular weight is 290 g/mol. The van der Waals surface area contributed by atoms with Crippen molar-refractivity contribution in [2.75, 3.05) is 20.7 Å². The van der Waals surface area contributed by atoms with E-state index in [2.05, 4.69) is 56.2 Å². The summed E-state index contributed by atoms with van der Waals surface area (Å²) >= 11 is 0. The van der Waals surface area contributed by atoms with Crippen molar-refractivity contribution in [1.82, 2.24) is 10.2 Å². The standard InChI is InChI=1S/C18H30N2O/c1-6-13(3)20(4)17-11-9-14-8-10-15(21-5)12-16(14)18(17)19-7-2/h8,10,12-13,17-19H,6-7,9,11H2,1-5H3. The Bertz CT molecular complexity index is 461. The van der Waals surface area contributed by atoms with E-state index in [4.69, 9.17) is 4.74 Å². The lowest BCUT2D eigenvalue weighted by Crippen LogP contribution is -2.48. The predicted octanol–water partition coefficient (Wildman–Crippen LogP) is 3.39. The van der Waals surface area contributed by atoms with Crippen LogP contribution in [0.15, 0.2) is 18.2 Å². The van der Waals surface area contributed by atoms with Crippen LogP contribution in [0, 0.1) is 0 Å². The average Bonchev–Trinajstić information content (AvgIpc) is 2.53. The van der Waals surface area contributed by atoms with E-state index >= 15 is 0 Å². The summed E-state index contributed by atoms with van der Waals surface area (Å²) in [6.07, 6.45) is 3.57. The molecule has 1 aromatic rings. The minimum absolute atomic E-state index is 0.396. The third kappa shape index (κ3) is 3.41. The maximum atomic E-state index is 5.43. The molecule has 0 heterocycles. The molecule has 118 valence electrons. The van der Waals surface area contributed by atoms with Gasteiger partial charge in [-0.3, -0.25) is 4.90 Å². The second-order valence-electron chi connectivity index (χ2n) is 6.13. The molecule has 1 N–H and O–H groups in total. The van der Waals surface area contributed by atoms with Crippen molar-refractivity contribution in [3.63, 3.8) is 0 Å². The van der Waals surface area contributed by atoms with Crippen LogP contribution >= 0.6 is 0 Å². The Morgan fingerprint density at radius 2 is 2.14 bits per heavy atom. The molecule has 0 aliphatic heterocycles. The Balaban J connectivity index is 2.33. The van der Waals surface area contributed by atoms with Gasteiger partial charge in [-0.05, 0) is 63.0 Å². The molecule has 0 saturated carbocycles. The van der Waals surface area contributed by atoms with Gasteiger partial charge in [-0.15, -0.1) is 0 Å². The van der Waals surface area contributed by atoms with Gasteiger partial charge in [0.2, 0.25) is 0 Å². The highest BCUT2D eigenvalue weighted by atomic mass is 16.5. The molecule has 1 aliphatic carbocycles. The molecule has 0 saturated heterocycles. The van der Waals surface area contributed by atoms with Crippen LogP contribution in [0.5, 0.6) is 5.75 Å². The van der Waals surface area contributed by atoms with Crippen molar-refractivity contribution in [3.8, 4) is 5.75 Å². The zero-order chi connectivity index (χ0) is 15.4. The van der Waals surface area contributed by atoms with E-state index in [0.717, 1.165) is 18.7 Å². The summed E-state index contributed by atoms with van der Waals surface area (Å²) in [5.74, 6) is 0.962. The largest absolute Gasteiger partial charge is 0.497 e. The summed E-state index contributed by atoms with van der Waals surface area (Å²) in [6, 6.07) is 8.10. The van der Waals surface area contributed by atoms with Gasteiger partial charge in [-0.1, -0.05) is 19.9 Å². The van der Waals surface area contributed by atoms with Crippen LogP contribution < -0.4 is 10.1 Å². The molecule has 0 bridgehead atoms. The number of aryl methyl sites for hydroxylation is 1. The van der Waals surface area contributed by atoms with Gasteiger partial charge in [0, 0.05) is 18.1 Å². The minimum atomic E-state index is 0.396. The number of hydrogen-bond acceptors (Lipinski definition) is 3. The first kappa shape index (κ1) is 16.3. The Morgan fingerprint density at radius 1 is 1.38 bits per heavy atom. The molecule has 0 radical (unpaired) electrons. The van der Waals surface area contributed by atoms with Crippen LogP contribution in [0.25, 0.3) is 0 Å². The summed E-state index contributed by atoms with van der Waals surface area (Å²) in [5.41, 5.74) is 2.89. The van der Waals surface area contributed by atoms with Crippen LogP contribution in [-0.2, 0) is 6.42 Å². The summed E-state index contributed by atoms with van der Waals surface area (Å²) < 4.78 is 5.43. The predicted molar refractivity (Wildman–Crippen MR) is 89.0 cm³/mol. The molecule has 3 unspecified atom stereocenters. The summed E-state index contributed by atoms with van der Waals surface area (Å²) in [6.45, 7) is 7.77. The Hall–Kier alpha value is -1.06. The van der Waals surface area contributed by atoms with Gasteiger partial charge in [0.05, 0.1) is 7.11 Å². The minimum Gasteiger partial charge on any atom is -0.497 e. The summed E-state index contributed by atoms with van der Waals surface area (Å²) in [4.78, 5) is 2.55. The van der Waals surface area contributed by atoms with Gasteiger partial charge in [-0.25, -0.2) is 0 Å². The molecule has 3 nitrogen and oxygen atoms in total. The van der Waals surface area contributed by atoms with E-state index in [1.807, 2.05) is 0 Å². The number of methoxy groups -OCH3 is 1. The number of likely N-dealkylation sites (N-methyl/N-ethyl adjacent to an activating group) is 2. The second kappa shape index (κ2) is 7.28. The number of nitrogens with zero attached hydrogens (tertiary/aromatic N) is 1. The molecular formula is C18H30N2O. The Labute approximate surface area is 129 Å². The van der Waals surface area contributed by atoms with Gasteiger partial charge in [0.15, 0.2) is 0 Å². The van der Waals surface area contributed by atoms with Gasteiger partial charge in [-0.2, -0.15) is 0 Å². The van der Waals surface area contributed by atoms with E-state index in [-0.39, 0.29) is 0 Å². The molecule has 21 heavy (non-hydrogen) atoms. The molecule has 2 rings (SSSR count). The highest BCUT2D eigenvalue weighted by Gasteiger charge is 2.33. The number of ether oxygens (including phenoxy) is 1. The van der Waals surface area contributed by atoms with Crippen LogP contribution in [0.4, 0.5) is 0 Å². The quantitative estimate of drug-likeness (QED) is 0.869. The smallest absolute Gasteiger partial charge is 0.119 e. The maximum absolute atomic E-state index is 5.43. The monoisotopic (exact) mass is 290 g/mol. The van der Waals surface area contributed by atoms with Gasteiger partial charge >= 0.3 is 0 Å². The van der Waals surface area contributed by atoms with E-state index in [0.29, 0.717) is 18.1 Å². The first-order valence-electron chi connectivity index (χ1n) is 8.24. The highest BCUT2D eigenvalue weighted by Crippen LogP contribution is 2.35. The SMILES string of the molecule is CCNC1c2cc(OC)ccc2CCC1N(C)C(C)CC. The van der Waals surface area contributed by atoms with E-state index < -0.39 is 0 Å². The molecule has 3 atom stereocenters. The van der Waals surface area contributed by atoms with Crippen molar-refractivity contribution in [2.45, 2.75) is 58.2 Å². The Kier molecular flexibility index (Phi) is 5.65. The number of rotatable bonds is 6. The molecule has 0 aromatic heterocycles. The molecule has 0 spiro atoms. The van der Waals surface area contributed by atoms with Crippen LogP contribution in [0.1, 0.15) is 50.8 Å². The molecule has 0 amide bonds. The fourth-order valence-corrected chi connectivity index (χ4v) is 3.41. The van der Waals surface area contributed by atoms with Crippen LogP contribution in [0.2, 0.25) is 0 Å². The fourth-order valence-electron chi connectivity index (χ4n) is 3.41. The van der Waals surface area contributed by atoms with Gasteiger partial charge in [0.25, 0.3) is 0 Å². The normalized spacial score (nSPS) is 23.0. The molecular weight excluding hydrogens is 260 g/mol. The summed E-state index contributed by atoms with van der Waals surface area (Å²) in [5, 5.41) is 3.70. The molecule has 1 aliphatic rings. The number of nitrogens with one attached hydrogen (secondary N) is 1. The lowest BCUT2D eigenvalue weighted by atomic mass is 9.82. The zero-order valence-electron chi connectivity index (χ0n) is 14.1. The second-order valence-corrected chi connectivity index (χ2v) is 6.13. The summed E-state index contributed by atoms with van der Waals surface area (Å²) in [7, 11) is 4.02. The van der Waals surface area contributed by atoms with Crippen molar-refractivity contribution >= 4 is 0 Å². The molecule has 1 aromatic carbocycles.